The minimum atomic E-state index is 0.153. The summed E-state index contributed by atoms with van der Waals surface area (Å²) in [6, 6.07) is 11.8. The Morgan fingerprint density at radius 3 is 2.55 bits per heavy atom. The maximum Gasteiger partial charge on any atom is 0.227 e. The average Bonchev–Trinajstić information content (AvgIpc) is 2.51. The maximum absolute atomic E-state index is 12.3. The van der Waals surface area contributed by atoms with Crippen molar-refractivity contribution in [3.63, 3.8) is 0 Å². The van der Waals surface area contributed by atoms with Gasteiger partial charge in [0.2, 0.25) is 5.91 Å². The summed E-state index contributed by atoms with van der Waals surface area (Å²) in [5, 5.41) is 2.78. The summed E-state index contributed by atoms with van der Waals surface area (Å²) in [5.74, 6) is 0.153. The second kappa shape index (κ2) is 5.81. The van der Waals surface area contributed by atoms with Crippen LogP contribution in [0, 0.1) is 0 Å². The molecular weight excluding hydrogens is 274 g/mol. The lowest BCUT2D eigenvalue weighted by molar-refractivity contribution is -0.134. The first-order valence-electron chi connectivity index (χ1n) is 6.77. The number of rotatable bonds is 2. The number of benzene rings is 2. The summed E-state index contributed by atoms with van der Waals surface area (Å²) < 4.78 is 5.27. The van der Waals surface area contributed by atoms with Crippen LogP contribution in [0.3, 0.4) is 0 Å². The number of amides is 1. The Balaban J connectivity index is 1.87. The van der Waals surface area contributed by atoms with E-state index in [-0.39, 0.29) is 5.91 Å². The summed E-state index contributed by atoms with van der Waals surface area (Å²) in [6.07, 6.45) is 0.414. The smallest absolute Gasteiger partial charge is 0.227 e. The molecule has 3 nitrogen and oxygen atoms in total. The van der Waals surface area contributed by atoms with Gasteiger partial charge in [0.25, 0.3) is 0 Å². The van der Waals surface area contributed by atoms with Gasteiger partial charge in [-0.25, -0.2) is 0 Å². The van der Waals surface area contributed by atoms with Gasteiger partial charge in [-0.15, -0.1) is 0 Å². The normalized spacial score (nSPS) is 15.6. The lowest BCUT2D eigenvalue weighted by Crippen LogP contribution is -2.41. The highest BCUT2D eigenvalue weighted by Gasteiger charge is 2.18. The SMILES string of the molecule is O=C(Cc1ccc(Cl)c2ccccc12)N1CCOCC1. The summed E-state index contributed by atoms with van der Waals surface area (Å²) in [6.45, 7) is 2.63. The van der Waals surface area contributed by atoms with Crippen LogP contribution in [-0.2, 0) is 16.0 Å². The molecule has 1 amide bonds. The molecule has 1 aliphatic heterocycles. The van der Waals surface area contributed by atoms with Crippen molar-refractivity contribution >= 4 is 28.3 Å². The van der Waals surface area contributed by atoms with Crippen LogP contribution in [0.4, 0.5) is 0 Å². The second-order valence-corrected chi connectivity index (χ2v) is 5.33. The van der Waals surface area contributed by atoms with Gasteiger partial charge in [-0.1, -0.05) is 41.9 Å². The molecule has 1 saturated heterocycles. The first kappa shape index (κ1) is 13.4. The van der Waals surface area contributed by atoms with Gasteiger partial charge >= 0.3 is 0 Å². The number of nitrogens with zero attached hydrogens (tertiary/aromatic N) is 1. The van der Waals surface area contributed by atoms with Gasteiger partial charge in [0.05, 0.1) is 19.6 Å². The Morgan fingerprint density at radius 2 is 1.80 bits per heavy atom. The number of halogens is 1. The fourth-order valence-corrected chi connectivity index (χ4v) is 2.79. The Hall–Kier alpha value is -1.58. The average molecular weight is 290 g/mol. The van der Waals surface area contributed by atoms with E-state index in [0.717, 1.165) is 21.4 Å². The quantitative estimate of drug-likeness (QED) is 0.851. The Bertz CT molecular complexity index is 635. The second-order valence-electron chi connectivity index (χ2n) is 4.92. The van der Waals surface area contributed by atoms with Gasteiger partial charge in [-0.2, -0.15) is 0 Å². The standard InChI is InChI=1S/C16H16ClNO2/c17-15-6-5-12(13-3-1-2-4-14(13)15)11-16(19)18-7-9-20-10-8-18/h1-6H,7-11H2. The fourth-order valence-electron chi connectivity index (χ4n) is 2.57. The van der Waals surface area contributed by atoms with Crippen molar-refractivity contribution < 1.29 is 9.53 Å². The molecule has 2 aromatic rings. The van der Waals surface area contributed by atoms with Crippen LogP contribution in [0.25, 0.3) is 10.8 Å². The van der Waals surface area contributed by atoms with Gasteiger partial charge in [0, 0.05) is 23.5 Å². The van der Waals surface area contributed by atoms with E-state index in [9.17, 15) is 4.79 Å². The lowest BCUT2D eigenvalue weighted by Gasteiger charge is -2.27. The molecule has 0 aromatic heterocycles. The molecule has 1 fully saturated rings. The highest BCUT2D eigenvalue weighted by molar-refractivity contribution is 6.35. The molecule has 104 valence electrons. The van der Waals surface area contributed by atoms with Gasteiger partial charge < -0.3 is 9.64 Å². The van der Waals surface area contributed by atoms with Gasteiger partial charge in [0.1, 0.15) is 0 Å². The summed E-state index contributed by atoms with van der Waals surface area (Å²) in [5.41, 5.74) is 1.03. The zero-order valence-corrected chi connectivity index (χ0v) is 11.9. The number of carbonyl (C=O) groups excluding carboxylic acids is 1. The van der Waals surface area contributed by atoms with Crippen LogP contribution < -0.4 is 0 Å². The number of morpholine rings is 1. The summed E-state index contributed by atoms with van der Waals surface area (Å²) in [4.78, 5) is 14.2. The van der Waals surface area contributed by atoms with Crippen molar-refractivity contribution in [2.24, 2.45) is 0 Å². The maximum atomic E-state index is 12.3. The third-order valence-electron chi connectivity index (χ3n) is 3.67. The van der Waals surface area contributed by atoms with Gasteiger partial charge in [0.15, 0.2) is 0 Å². The topological polar surface area (TPSA) is 29.5 Å². The zero-order valence-electron chi connectivity index (χ0n) is 11.1. The van der Waals surface area contributed by atoms with Crippen LogP contribution in [0.15, 0.2) is 36.4 Å². The molecule has 2 aromatic carbocycles. The molecular formula is C16H16ClNO2. The van der Waals surface area contributed by atoms with Crippen LogP contribution in [0.5, 0.6) is 0 Å². The predicted molar refractivity (Wildman–Crippen MR) is 80.1 cm³/mol. The van der Waals surface area contributed by atoms with Crippen LogP contribution in [0.2, 0.25) is 5.02 Å². The Morgan fingerprint density at radius 1 is 1.10 bits per heavy atom. The van der Waals surface area contributed by atoms with Crippen molar-refractivity contribution in [2.75, 3.05) is 26.3 Å². The molecule has 0 saturated carbocycles. The first-order valence-corrected chi connectivity index (χ1v) is 7.15. The Kier molecular flexibility index (Phi) is 3.90. The number of hydrogen-bond acceptors (Lipinski definition) is 2. The zero-order chi connectivity index (χ0) is 13.9. The molecule has 3 rings (SSSR count). The molecule has 0 bridgehead atoms. The molecule has 0 spiro atoms. The van der Waals surface area contributed by atoms with Gasteiger partial charge in [-0.05, 0) is 17.0 Å². The number of ether oxygens (including phenoxy) is 1. The van der Waals surface area contributed by atoms with E-state index in [1.807, 2.05) is 41.3 Å². The molecule has 20 heavy (non-hydrogen) atoms. The van der Waals surface area contributed by atoms with E-state index in [1.165, 1.54) is 0 Å². The van der Waals surface area contributed by atoms with E-state index >= 15 is 0 Å². The third kappa shape index (κ3) is 2.65. The molecule has 0 aliphatic carbocycles. The molecule has 4 heteroatoms. The highest BCUT2D eigenvalue weighted by Crippen LogP contribution is 2.27. The molecule has 1 aliphatic rings. The molecule has 0 unspecified atom stereocenters. The van der Waals surface area contributed by atoms with Crippen molar-refractivity contribution in [3.8, 4) is 0 Å². The summed E-state index contributed by atoms with van der Waals surface area (Å²) in [7, 11) is 0. The first-order chi connectivity index (χ1) is 9.75. The van der Waals surface area contributed by atoms with E-state index in [2.05, 4.69) is 0 Å². The molecule has 1 heterocycles. The van der Waals surface area contributed by atoms with Crippen molar-refractivity contribution in [2.45, 2.75) is 6.42 Å². The Labute approximate surface area is 123 Å². The minimum Gasteiger partial charge on any atom is -0.378 e. The number of hydrogen-bond donors (Lipinski definition) is 0. The van der Waals surface area contributed by atoms with Crippen LogP contribution in [-0.4, -0.2) is 37.1 Å². The monoisotopic (exact) mass is 289 g/mol. The largest absolute Gasteiger partial charge is 0.378 e. The molecule has 0 N–H and O–H groups in total. The minimum absolute atomic E-state index is 0.153. The van der Waals surface area contributed by atoms with E-state index < -0.39 is 0 Å². The van der Waals surface area contributed by atoms with Gasteiger partial charge in [-0.3, -0.25) is 4.79 Å². The van der Waals surface area contributed by atoms with Crippen molar-refractivity contribution in [1.29, 1.82) is 0 Å². The number of fused-ring (bicyclic) bond motifs is 1. The van der Waals surface area contributed by atoms with Crippen molar-refractivity contribution in [1.82, 2.24) is 4.90 Å². The highest BCUT2D eigenvalue weighted by atomic mass is 35.5. The van der Waals surface area contributed by atoms with Crippen molar-refractivity contribution in [3.05, 3.63) is 47.0 Å². The van der Waals surface area contributed by atoms with Crippen LogP contribution >= 0.6 is 11.6 Å². The fraction of sp³-hybridized carbons (Fsp3) is 0.312. The lowest BCUT2D eigenvalue weighted by atomic mass is 10.0. The van der Waals surface area contributed by atoms with Crippen LogP contribution in [0.1, 0.15) is 5.56 Å². The van der Waals surface area contributed by atoms with E-state index in [4.69, 9.17) is 16.3 Å². The molecule has 0 radical (unpaired) electrons. The summed E-state index contributed by atoms with van der Waals surface area (Å²) >= 11 is 6.20. The number of carbonyl (C=O) groups is 1. The van der Waals surface area contributed by atoms with E-state index in [0.29, 0.717) is 32.7 Å². The van der Waals surface area contributed by atoms with E-state index in [1.54, 1.807) is 0 Å². The third-order valence-corrected chi connectivity index (χ3v) is 4.00. The predicted octanol–water partition coefficient (Wildman–Crippen LogP) is 2.89. The molecule has 0 atom stereocenters.